The molecule has 0 aliphatic rings. The van der Waals surface area contributed by atoms with Crippen molar-refractivity contribution in [2.45, 2.75) is 27.7 Å². The summed E-state index contributed by atoms with van der Waals surface area (Å²) in [5, 5.41) is 6.49. The maximum Gasteiger partial charge on any atom is 2.00 e. The van der Waals surface area contributed by atoms with Gasteiger partial charge in [-0.25, -0.2) is 39.9 Å². The zero-order valence-corrected chi connectivity index (χ0v) is 86.3. The molecule has 24 rings (SSSR count). The van der Waals surface area contributed by atoms with Gasteiger partial charge in [0.2, 0.25) is 23.8 Å². The molecule has 12 heterocycles. The molecule has 0 aliphatic heterocycles. The number of rotatable bonds is 20. The maximum atomic E-state index is 6.26. The van der Waals surface area contributed by atoms with Gasteiger partial charge in [-0.15, -0.1) is 97.1 Å². The van der Waals surface area contributed by atoms with Crippen molar-refractivity contribution in [1.82, 2.24) is 76.4 Å². The van der Waals surface area contributed by atoms with Gasteiger partial charge in [0.15, 0.2) is 0 Å². The van der Waals surface area contributed by atoms with E-state index in [2.05, 4.69) is 156 Å². The van der Waals surface area contributed by atoms with Crippen LogP contribution in [0.5, 0.6) is 47.0 Å². The second-order valence-corrected chi connectivity index (χ2v) is 32.4. The number of furan rings is 4. The summed E-state index contributed by atoms with van der Waals surface area (Å²) >= 11 is 0. The van der Waals surface area contributed by atoms with Crippen molar-refractivity contribution in [3.63, 3.8) is 0 Å². The molecule has 28 nitrogen and oxygen atoms in total. The number of hydrogen-bond donors (Lipinski definition) is 0. The van der Waals surface area contributed by atoms with E-state index in [0.717, 1.165) is 157 Å². The van der Waals surface area contributed by atoms with Crippen molar-refractivity contribution in [2.24, 2.45) is 56.4 Å². The molecule has 0 aliphatic carbocycles. The molecule has 0 fully saturated rings. The van der Waals surface area contributed by atoms with Gasteiger partial charge in [-0.1, -0.05) is 97.1 Å². The van der Waals surface area contributed by atoms with Crippen LogP contribution in [0.3, 0.4) is 0 Å². The fourth-order valence-electron chi connectivity index (χ4n) is 15.8. The molecule has 0 radical (unpaired) electrons. The number of aromatic nitrogens is 16. The van der Waals surface area contributed by atoms with Crippen LogP contribution < -0.4 is 38.5 Å². The molecule has 0 bridgehead atoms. The number of hydrogen-bond acceptors (Lipinski definition) is 20. The third-order valence-corrected chi connectivity index (χ3v) is 23.5. The Labute approximate surface area is 861 Å². The van der Waals surface area contributed by atoms with Crippen molar-refractivity contribution in [1.29, 1.82) is 0 Å². The van der Waals surface area contributed by atoms with E-state index in [-0.39, 0.29) is 84.3 Å². The predicted molar refractivity (Wildman–Crippen MR) is 523 cm³/mol. The zero-order valence-electron chi connectivity index (χ0n) is 77.2. The number of fused-ring (bicyclic) bond motifs is 12. The number of imidazole rings is 8. The van der Waals surface area contributed by atoms with Crippen LogP contribution in [0.25, 0.3) is 87.8 Å². The van der Waals surface area contributed by atoms with Gasteiger partial charge in [0.05, 0.1) is 24.8 Å². The second-order valence-electron chi connectivity index (χ2n) is 32.4. The van der Waals surface area contributed by atoms with Gasteiger partial charge >= 0.3 is 84.3 Å². The van der Waals surface area contributed by atoms with E-state index in [0.29, 0.717) is 69.4 Å². The largest absolute Gasteiger partial charge is 2.00 e. The Bertz CT molecular complexity index is 8020. The molecule has 12 aromatic heterocycles. The van der Waals surface area contributed by atoms with Crippen LogP contribution in [0.4, 0.5) is 69.3 Å². The molecule has 24 aromatic rings. The average Bonchev–Trinajstić information content (AvgIpc) is 1.65. The van der Waals surface area contributed by atoms with Gasteiger partial charge in [0.1, 0.15) is 0 Å². The quantitative estimate of drug-likeness (QED) is 0.0644. The molecule has 12 aromatic carbocycles. The van der Waals surface area contributed by atoms with Crippen LogP contribution in [0.2, 0.25) is 0 Å². The first-order valence-electron chi connectivity index (χ1n) is 43.5. The number of nitrogens with zero attached hydrogens (tertiary/aromatic N) is 20. The van der Waals surface area contributed by atoms with Crippen LogP contribution >= 0.6 is 0 Å². The van der Waals surface area contributed by atoms with Gasteiger partial charge in [0.25, 0.3) is 24.0 Å². The minimum atomic E-state index is 0. The number of anilines is 12. The van der Waals surface area contributed by atoms with Gasteiger partial charge in [-0.3, -0.25) is 19.6 Å². The first-order valence-corrected chi connectivity index (χ1v) is 43.5. The molecule has 704 valence electrons. The fraction of sp³-hybridized carbons (Fsp3) is 0.111. The van der Waals surface area contributed by atoms with E-state index in [1.54, 1.807) is 58.4 Å². The summed E-state index contributed by atoms with van der Waals surface area (Å²) in [4.78, 5) is 44.0. The first kappa shape index (κ1) is 96.4. The standard InChI is InChI=1S/C34H28N6O.C32H24N6O.C22H18N4O3.C20H14N4O3.4Pt/c1-23-21-35-33(37(23)3)39(25-11-7-5-8-12-25)27-15-17-31-29(19-27)30-20-28(16-18-32(30)41-31)40(26-13-9-6-10-14-26)34-36-22-24(2)38(34)4;1-35-19-17-33-31(35)37(23-9-5-3-6-10-23)25-13-15-29-27(21-25)28-22-26(14-16-30(28)39-29)38(24-11-7-4-8-12-24)32-34-18-20-36(32)2;1-13-11-23-21(25(13)3)27-15-5-7-19-17(9-15)18-10-16(6-8-20(18)29-19)28-22-24-12-14(2)26(22)4;1-23-9-7-21-19(23)25-13-3-5-17-15(11-13)16-12-14(4-6-18(16)27-17)26-20-22-8-10-24(20)2;;;;/h5-18,21-22H,1-4H3;3-20H,1-2H3;5-8,11-12H,1-4H3;3-10H,1-2H3;;;;/q4*-2;4*+2. The van der Waals surface area contributed by atoms with Crippen LogP contribution in [-0.4, -0.2) is 76.4 Å². The summed E-state index contributed by atoms with van der Waals surface area (Å²) in [6.45, 7) is 8.04. The van der Waals surface area contributed by atoms with E-state index < -0.39 is 0 Å². The molecule has 0 saturated heterocycles. The Hall–Kier alpha value is -15.3. The van der Waals surface area contributed by atoms with E-state index in [1.165, 1.54) is 0 Å². The third kappa shape index (κ3) is 19.1. The molecule has 0 unspecified atom stereocenters. The number of aryl methyl sites for hydroxylation is 8. The molecule has 0 N–H and O–H groups in total. The van der Waals surface area contributed by atoms with Gasteiger partial charge in [0, 0.05) is 174 Å². The molecule has 140 heavy (non-hydrogen) atoms. The third-order valence-electron chi connectivity index (χ3n) is 23.5. The summed E-state index contributed by atoms with van der Waals surface area (Å²) in [6.07, 6.45) is 21.7. The van der Waals surface area contributed by atoms with Crippen LogP contribution in [0, 0.1) is 76.2 Å². The van der Waals surface area contributed by atoms with Crippen LogP contribution in [0.1, 0.15) is 22.8 Å². The Balaban J connectivity index is 0.000000129. The van der Waals surface area contributed by atoms with Crippen molar-refractivity contribution in [2.75, 3.05) is 19.6 Å². The number of benzene rings is 12. The first-order chi connectivity index (χ1) is 66.3. The van der Waals surface area contributed by atoms with E-state index in [1.807, 2.05) is 297 Å². The summed E-state index contributed by atoms with van der Waals surface area (Å²) in [5.74, 6) is 5.39. The second kappa shape index (κ2) is 41.1. The van der Waals surface area contributed by atoms with Gasteiger partial charge in [-0.2, -0.15) is 67.4 Å². The molecule has 0 spiro atoms. The van der Waals surface area contributed by atoms with E-state index in [9.17, 15) is 0 Å². The van der Waals surface area contributed by atoms with Crippen LogP contribution in [0.15, 0.2) is 310 Å². The molecule has 0 atom stereocenters. The molecule has 32 heteroatoms. The average molecular weight is 2570 g/mol. The minimum absolute atomic E-state index is 0. The van der Waals surface area contributed by atoms with Gasteiger partial charge in [-0.05, 0) is 144 Å². The van der Waals surface area contributed by atoms with Crippen molar-refractivity contribution < 1.29 is 121 Å². The molecule has 0 amide bonds. The monoisotopic (exact) mass is 2570 g/mol. The Morgan fingerprint density at radius 2 is 0.457 bits per heavy atom. The predicted octanol–water partition coefficient (Wildman–Crippen LogP) is 24.9. The summed E-state index contributed by atoms with van der Waals surface area (Å²) in [7, 11) is 15.6. The number of ether oxygens (including phenoxy) is 4. The SMILES string of the molecule is Cc1cnc(N(c2[c-]c3c(cc2)oc2ccc(N(c4ccccc4)c4ncc(C)n4C)[c-]c23)c2ccccc2)n1C.Cc1cnc(Oc2[c-]c3c(cc2)oc2ccc(Oc4ncc(C)n4C)[c-]c23)n1C.Cn1ccnc1N(c1[c-]c2c(cc1)oc1ccc(N(c3ccccc3)c3nccn3C)[c-]c12)c1ccccc1.Cn1ccnc1Oc1[c-]c2c(cc1)oc1ccc(Oc3nccn3C)[c-]c12.[Pt+2].[Pt+2].[Pt+2].[Pt+2]. The summed E-state index contributed by atoms with van der Waals surface area (Å²) in [6, 6.07) is 101. The summed E-state index contributed by atoms with van der Waals surface area (Å²) in [5.41, 5.74) is 17.3. The number of para-hydroxylation sites is 4. The topological polar surface area (TPSA) is 245 Å². The Morgan fingerprint density at radius 3 is 0.686 bits per heavy atom. The van der Waals surface area contributed by atoms with Crippen molar-refractivity contribution >= 4 is 157 Å². The molecule has 0 saturated carbocycles. The summed E-state index contributed by atoms with van der Waals surface area (Å²) < 4.78 is 63.1. The maximum absolute atomic E-state index is 6.26. The van der Waals surface area contributed by atoms with E-state index >= 15 is 0 Å². The Morgan fingerprint density at radius 1 is 0.229 bits per heavy atom. The Kier molecular flexibility index (Phi) is 28.3. The molecular weight excluding hydrogens is 2490 g/mol. The zero-order chi connectivity index (χ0) is 92.9. The molecular formula is C108H84N20O8Pt4. The fourth-order valence-corrected chi connectivity index (χ4v) is 15.8. The van der Waals surface area contributed by atoms with Crippen LogP contribution in [-0.2, 0) is 141 Å². The minimum Gasteiger partial charge on any atom is -0.564 e. The smallest absolute Gasteiger partial charge is 0.564 e. The van der Waals surface area contributed by atoms with Crippen molar-refractivity contribution in [3.8, 4) is 47.0 Å². The van der Waals surface area contributed by atoms with E-state index in [4.69, 9.17) is 46.6 Å². The van der Waals surface area contributed by atoms with Crippen molar-refractivity contribution in [3.05, 3.63) is 364 Å². The normalized spacial score (nSPS) is 11.1. The van der Waals surface area contributed by atoms with Gasteiger partial charge < -0.3 is 73.2 Å².